The zero-order valence-corrected chi connectivity index (χ0v) is 9.39. The number of hydrogen-bond acceptors (Lipinski definition) is 3. The lowest BCUT2D eigenvalue weighted by molar-refractivity contribution is 0.0687. The number of halogens is 1. The van der Waals surface area contributed by atoms with Crippen LogP contribution in [-0.4, -0.2) is 25.6 Å². The molecule has 0 spiro atoms. The van der Waals surface area contributed by atoms with E-state index < -0.39 is 5.97 Å². The highest BCUT2D eigenvalue weighted by Gasteiger charge is 2.14. The molecule has 2 heterocycles. The second kappa shape index (κ2) is 3.19. The fourth-order valence-electron chi connectivity index (χ4n) is 1.31. The average Bonchev–Trinajstić information content (AvgIpc) is 2.46. The molecule has 72 valence electrons. The molecule has 0 saturated carbocycles. The van der Waals surface area contributed by atoms with E-state index in [1.807, 2.05) is 0 Å². The highest BCUT2D eigenvalue weighted by atomic mass is 127. The van der Waals surface area contributed by atoms with Crippen LogP contribution in [0, 0.1) is 3.70 Å². The molecule has 0 aliphatic heterocycles. The Morgan fingerprint density at radius 3 is 2.86 bits per heavy atom. The first-order valence-corrected chi connectivity index (χ1v) is 4.88. The average molecular weight is 303 g/mol. The lowest BCUT2D eigenvalue weighted by Gasteiger charge is -1.97. The molecule has 2 aromatic rings. The fourth-order valence-corrected chi connectivity index (χ4v) is 1.83. The Bertz CT molecular complexity index is 521. The summed E-state index contributed by atoms with van der Waals surface area (Å²) in [6, 6.07) is 1.58. The van der Waals surface area contributed by atoms with E-state index in [0.717, 1.165) is 9.09 Å². The molecule has 0 saturated heterocycles. The van der Waals surface area contributed by atoms with Gasteiger partial charge in [-0.2, -0.15) is 0 Å². The van der Waals surface area contributed by atoms with Crippen molar-refractivity contribution in [1.82, 2.24) is 14.5 Å². The van der Waals surface area contributed by atoms with Gasteiger partial charge in [0.05, 0.1) is 5.39 Å². The summed E-state index contributed by atoms with van der Waals surface area (Å²) in [5.74, 6) is -0.957. The Morgan fingerprint density at radius 2 is 2.29 bits per heavy atom. The second-order valence-electron chi connectivity index (χ2n) is 2.80. The predicted molar refractivity (Wildman–Crippen MR) is 58.2 cm³/mol. The third-order valence-corrected chi connectivity index (χ3v) is 2.85. The van der Waals surface area contributed by atoms with Gasteiger partial charge < -0.3 is 9.67 Å². The lowest BCUT2D eigenvalue weighted by Crippen LogP contribution is -2.04. The van der Waals surface area contributed by atoms with Gasteiger partial charge in [0.2, 0.25) is 0 Å². The number of carboxylic acids is 1. The maximum Gasteiger partial charge on any atom is 0.352 e. The van der Waals surface area contributed by atoms with Crippen molar-refractivity contribution in [3.05, 3.63) is 21.8 Å². The summed E-state index contributed by atoms with van der Waals surface area (Å²) < 4.78 is 2.30. The smallest absolute Gasteiger partial charge is 0.352 e. The summed E-state index contributed by atoms with van der Waals surface area (Å²) in [5, 5.41) is 9.66. The molecule has 0 aliphatic carbocycles. The molecule has 2 rings (SSSR count). The Kier molecular flexibility index (Phi) is 2.14. The number of fused-ring (bicyclic) bond motifs is 1. The molecule has 0 fully saturated rings. The van der Waals surface area contributed by atoms with Crippen LogP contribution in [0.2, 0.25) is 0 Å². The SMILES string of the molecule is Cn1c(C(=O)O)cc2c(I)ncnc21. The zero-order chi connectivity index (χ0) is 10.3. The van der Waals surface area contributed by atoms with E-state index in [-0.39, 0.29) is 5.69 Å². The number of aromatic carboxylic acids is 1. The minimum Gasteiger partial charge on any atom is -0.477 e. The molecular formula is C8H6IN3O2. The van der Waals surface area contributed by atoms with Crippen LogP contribution in [0.1, 0.15) is 10.5 Å². The summed E-state index contributed by atoms with van der Waals surface area (Å²) >= 11 is 2.05. The van der Waals surface area contributed by atoms with Crippen molar-refractivity contribution in [2.45, 2.75) is 0 Å². The molecule has 0 amide bonds. The standard InChI is InChI=1S/C8H6IN3O2/c1-12-5(8(13)14)2-4-6(9)10-3-11-7(4)12/h2-3H,1H3,(H,13,14). The van der Waals surface area contributed by atoms with E-state index in [0.29, 0.717) is 5.65 Å². The zero-order valence-electron chi connectivity index (χ0n) is 7.23. The molecule has 0 unspecified atom stereocenters. The molecule has 0 bridgehead atoms. The quantitative estimate of drug-likeness (QED) is 0.636. The van der Waals surface area contributed by atoms with Gasteiger partial charge in [0.25, 0.3) is 0 Å². The highest BCUT2D eigenvalue weighted by molar-refractivity contribution is 14.1. The van der Waals surface area contributed by atoms with Crippen molar-refractivity contribution in [2.24, 2.45) is 7.05 Å². The first-order chi connectivity index (χ1) is 6.61. The van der Waals surface area contributed by atoms with Gasteiger partial charge in [-0.3, -0.25) is 0 Å². The van der Waals surface area contributed by atoms with Crippen LogP contribution in [0.25, 0.3) is 11.0 Å². The molecular weight excluding hydrogens is 297 g/mol. The number of carbonyl (C=O) groups is 1. The predicted octanol–water partition coefficient (Wildman–Crippen LogP) is 1.27. The van der Waals surface area contributed by atoms with E-state index >= 15 is 0 Å². The summed E-state index contributed by atoms with van der Waals surface area (Å²) in [6.07, 6.45) is 1.43. The number of hydrogen-bond donors (Lipinski definition) is 1. The maximum atomic E-state index is 10.8. The molecule has 14 heavy (non-hydrogen) atoms. The Balaban J connectivity index is 2.86. The molecule has 0 aromatic carbocycles. The molecule has 6 heteroatoms. The Labute approximate surface area is 92.9 Å². The van der Waals surface area contributed by atoms with E-state index in [1.54, 1.807) is 17.7 Å². The van der Waals surface area contributed by atoms with Crippen molar-refractivity contribution in [3.63, 3.8) is 0 Å². The largest absolute Gasteiger partial charge is 0.477 e. The third kappa shape index (κ3) is 1.26. The topological polar surface area (TPSA) is 68.0 Å². The van der Waals surface area contributed by atoms with Crippen LogP contribution in [0.15, 0.2) is 12.4 Å². The van der Waals surface area contributed by atoms with Crippen LogP contribution >= 0.6 is 22.6 Å². The molecule has 1 N–H and O–H groups in total. The van der Waals surface area contributed by atoms with Gasteiger partial charge in [-0.25, -0.2) is 14.8 Å². The Hall–Kier alpha value is -1.18. The number of rotatable bonds is 1. The van der Waals surface area contributed by atoms with E-state index in [4.69, 9.17) is 5.11 Å². The summed E-state index contributed by atoms with van der Waals surface area (Å²) in [7, 11) is 1.68. The van der Waals surface area contributed by atoms with E-state index in [9.17, 15) is 4.79 Å². The van der Waals surface area contributed by atoms with Gasteiger partial charge in [0.1, 0.15) is 21.4 Å². The third-order valence-electron chi connectivity index (χ3n) is 1.99. The number of carboxylic acid groups (broad SMARTS) is 1. The van der Waals surface area contributed by atoms with Crippen LogP contribution in [0.5, 0.6) is 0 Å². The van der Waals surface area contributed by atoms with Crippen LogP contribution < -0.4 is 0 Å². The van der Waals surface area contributed by atoms with Crippen molar-refractivity contribution >= 4 is 39.6 Å². The van der Waals surface area contributed by atoms with Crippen molar-refractivity contribution in [3.8, 4) is 0 Å². The first-order valence-electron chi connectivity index (χ1n) is 3.80. The summed E-state index contributed by atoms with van der Waals surface area (Å²) in [6.45, 7) is 0. The highest BCUT2D eigenvalue weighted by Crippen LogP contribution is 2.20. The molecule has 0 radical (unpaired) electrons. The molecule has 2 aromatic heterocycles. The van der Waals surface area contributed by atoms with Crippen molar-refractivity contribution in [2.75, 3.05) is 0 Å². The summed E-state index contributed by atoms with van der Waals surface area (Å²) in [5.41, 5.74) is 0.861. The van der Waals surface area contributed by atoms with Gasteiger partial charge in [0.15, 0.2) is 0 Å². The molecule has 5 nitrogen and oxygen atoms in total. The van der Waals surface area contributed by atoms with E-state index in [1.165, 1.54) is 6.33 Å². The number of aromatic nitrogens is 3. The second-order valence-corrected chi connectivity index (χ2v) is 3.82. The number of nitrogens with zero attached hydrogens (tertiary/aromatic N) is 3. The van der Waals surface area contributed by atoms with Crippen molar-refractivity contribution in [1.29, 1.82) is 0 Å². The van der Waals surface area contributed by atoms with Gasteiger partial charge in [-0.1, -0.05) is 0 Å². The monoisotopic (exact) mass is 303 g/mol. The fraction of sp³-hybridized carbons (Fsp3) is 0.125. The molecule has 0 atom stereocenters. The minimum atomic E-state index is -0.957. The summed E-state index contributed by atoms with van der Waals surface area (Å²) in [4.78, 5) is 18.8. The first kappa shape index (κ1) is 9.38. The van der Waals surface area contributed by atoms with Crippen molar-refractivity contribution < 1.29 is 9.90 Å². The van der Waals surface area contributed by atoms with Gasteiger partial charge in [-0.05, 0) is 28.7 Å². The van der Waals surface area contributed by atoms with Crippen LogP contribution in [0.4, 0.5) is 0 Å². The van der Waals surface area contributed by atoms with Gasteiger partial charge in [0, 0.05) is 7.05 Å². The maximum absolute atomic E-state index is 10.8. The van der Waals surface area contributed by atoms with Crippen LogP contribution in [-0.2, 0) is 7.05 Å². The number of aryl methyl sites for hydroxylation is 1. The van der Waals surface area contributed by atoms with Crippen LogP contribution in [0.3, 0.4) is 0 Å². The molecule has 0 aliphatic rings. The van der Waals surface area contributed by atoms with E-state index in [2.05, 4.69) is 32.6 Å². The van der Waals surface area contributed by atoms with Gasteiger partial charge in [-0.15, -0.1) is 0 Å². The Morgan fingerprint density at radius 1 is 1.57 bits per heavy atom. The minimum absolute atomic E-state index is 0.221. The lowest BCUT2D eigenvalue weighted by atomic mass is 10.4. The normalized spacial score (nSPS) is 10.7. The van der Waals surface area contributed by atoms with Gasteiger partial charge >= 0.3 is 5.97 Å².